The van der Waals surface area contributed by atoms with Crippen LogP contribution in [0.2, 0.25) is 0 Å². The number of hydrogen-bond acceptors (Lipinski definition) is 6. The number of nitrogens with two attached hydrogens (primary N) is 1. The van der Waals surface area contributed by atoms with Gasteiger partial charge in [-0.3, -0.25) is 5.10 Å². The van der Waals surface area contributed by atoms with Gasteiger partial charge in [0, 0.05) is 11.3 Å². The maximum Gasteiger partial charge on any atom is 0.244 e. The first kappa shape index (κ1) is 13.8. The maximum atomic E-state index is 9.75. The number of hydrogen-bond donors (Lipinski definition) is 4. The van der Waals surface area contributed by atoms with Gasteiger partial charge in [-0.05, 0) is 24.1 Å². The lowest BCUT2D eigenvalue weighted by molar-refractivity contribution is 0.378. The summed E-state index contributed by atoms with van der Waals surface area (Å²) in [6, 6.07) is 6.47. The van der Waals surface area contributed by atoms with Crippen molar-refractivity contribution in [1.82, 2.24) is 10.2 Å². The predicted molar refractivity (Wildman–Crippen MR) is 77.0 cm³/mol. The molecular weight excluding hydrogens is 284 g/mol. The van der Waals surface area contributed by atoms with Crippen molar-refractivity contribution < 1.29 is 14.9 Å². The van der Waals surface area contributed by atoms with E-state index in [-0.39, 0.29) is 23.0 Å². The number of aromatic amines is 1. The number of aromatic nitrogens is 2. The third-order valence-corrected chi connectivity index (χ3v) is 3.70. The average molecular weight is 298 g/mol. The molecule has 2 heterocycles. The minimum Gasteiger partial charge on any atom is -0.504 e. The maximum absolute atomic E-state index is 9.75. The average Bonchev–Trinajstić information content (AvgIpc) is 2.91. The molecule has 0 radical (unpaired) electrons. The predicted octanol–water partition coefficient (Wildman–Crippen LogP) is 1.60. The number of aryl methyl sites for hydroxylation is 1. The fourth-order valence-corrected chi connectivity index (χ4v) is 2.63. The fraction of sp³-hybridized carbons (Fsp3) is 0.200. The number of allylic oxidation sites excluding steroid dienone is 1. The molecule has 7 heteroatoms. The molecule has 22 heavy (non-hydrogen) atoms. The molecule has 1 atom stereocenters. The van der Waals surface area contributed by atoms with Crippen molar-refractivity contribution in [3.05, 3.63) is 46.5 Å². The first-order valence-electron chi connectivity index (χ1n) is 6.73. The molecule has 0 aliphatic carbocycles. The summed E-state index contributed by atoms with van der Waals surface area (Å²) in [5.74, 6) is -0.682. The van der Waals surface area contributed by atoms with Crippen LogP contribution in [0.25, 0.3) is 0 Å². The molecule has 1 aromatic carbocycles. The summed E-state index contributed by atoms with van der Waals surface area (Å²) in [7, 11) is 0. The molecule has 0 saturated carbocycles. The van der Waals surface area contributed by atoms with Crippen LogP contribution in [-0.4, -0.2) is 20.4 Å². The highest BCUT2D eigenvalue weighted by atomic mass is 16.5. The van der Waals surface area contributed by atoms with E-state index in [1.54, 1.807) is 6.07 Å². The molecule has 0 bridgehead atoms. The number of phenolic OH excluding ortho intramolecular Hbond substituents is 2. The third kappa shape index (κ3) is 1.93. The van der Waals surface area contributed by atoms with Crippen LogP contribution in [0.3, 0.4) is 0 Å². The molecule has 3 rings (SSSR count). The van der Waals surface area contributed by atoms with E-state index in [4.69, 9.17) is 10.5 Å². The van der Waals surface area contributed by atoms with Crippen molar-refractivity contribution in [2.45, 2.75) is 19.3 Å². The van der Waals surface area contributed by atoms with Gasteiger partial charge in [0.25, 0.3) is 0 Å². The molecule has 0 spiro atoms. The Kier molecular flexibility index (Phi) is 3.14. The number of benzene rings is 1. The Balaban J connectivity index is 2.24. The van der Waals surface area contributed by atoms with Gasteiger partial charge >= 0.3 is 0 Å². The Labute approximate surface area is 126 Å². The smallest absolute Gasteiger partial charge is 0.244 e. The van der Waals surface area contributed by atoms with Gasteiger partial charge in [-0.1, -0.05) is 13.0 Å². The number of ether oxygens (including phenoxy) is 1. The number of nitriles is 1. The molecule has 0 unspecified atom stereocenters. The molecule has 1 aliphatic rings. The number of rotatable bonds is 2. The highest BCUT2D eigenvalue weighted by Crippen LogP contribution is 2.44. The van der Waals surface area contributed by atoms with Gasteiger partial charge in [-0.15, -0.1) is 5.10 Å². The van der Waals surface area contributed by atoms with E-state index < -0.39 is 5.92 Å². The number of nitrogens with zero attached hydrogens (tertiary/aromatic N) is 2. The van der Waals surface area contributed by atoms with Crippen LogP contribution in [0, 0.1) is 11.3 Å². The molecule has 5 N–H and O–H groups in total. The van der Waals surface area contributed by atoms with E-state index in [2.05, 4.69) is 16.3 Å². The third-order valence-electron chi connectivity index (χ3n) is 3.70. The first-order chi connectivity index (χ1) is 10.6. The highest BCUT2D eigenvalue weighted by molar-refractivity contribution is 5.57. The Morgan fingerprint density at radius 1 is 1.41 bits per heavy atom. The van der Waals surface area contributed by atoms with Crippen LogP contribution in [-0.2, 0) is 6.42 Å². The van der Waals surface area contributed by atoms with Gasteiger partial charge in [0.2, 0.25) is 11.8 Å². The van der Waals surface area contributed by atoms with Crippen molar-refractivity contribution in [2.75, 3.05) is 0 Å². The summed E-state index contributed by atoms with van der Waals surface area (Å²) in [4.78, 5) is 0. The Bertz CT molecular complexity index is 817. The van der Waals surface area contributed by atoms with E-state index in [0.717, 1.165) is 11.3 Å². The second kappa shape index (κ2) is 5.00. The monoisotopic (exact) mass is 298 g/mol. The van der Waals surface area contributed by atoms with Gasteiger partial charge in [-0.25, -0.2) is 0 Å². The zero-order chi connectivity index (χ0) is 15.9. The van der Waals surface area contributed by atoms with Gasteiger partial charge in [-0.2, -0.15) is 5.26 Å². The van der Waals surface area contributed by atoms with E-state index in [1.807, 2.05) is 6.92 Å². The lowest BCUT2D eigenvalue weighted by Gasteiger charge is -2.24. The Hall–Kier alpha value is -3.14. The molecule has 7 nitrogen and oxygen atoms in total. The van der Waals surface area contributed by atoms with Crippen LogP contribution < -0.4 is 10.5 Å². The quantitative estimate of drug-likeness (QED) is 0.623. The lowest BCUT2D eigenvalue weighted by Crippen LogP contribution is -2.21. The standard InChI is InChI=1S/C15H14N4O3/c1-2-9-13-12(7-3-4-10(20)11(21)5-7)8(6-16)14(17)22-15(13)19-18-9/h3-5,12,20-21H,2,17H2,1H3,(H,18,19)/t12-/m1/s1. The SMILES string of the molecule is CCc1[nH]nc2c1[C@H](c1ccc(O)c(O)c1)C(C#N)=C(N)O2. The Morgan fingerprint density at radius 3 is 2.82 bits per heavy atom. The number of nitrogens with one attached hydrogen (secondary N) is 1. The van der Waals surface area contributed by atoms with Crippen LogP contribution >= 0.6 is 0 Å². The van der Waals surface area contributed by atoms with Crippen LogP contribution in [0.5, 0.6) is 17.4 Å². The number of fused-ring (bicyclic) bond motifs is 1. The van der Waals surface area contributed by atoms with Crippen molar-refractivity contribution >= 4 is 0 Å². The van der Waals surface area contributed by atoms with Gasteiger partial charge in [0.15, 0.2) is 11.5 Å². The molecule has 1 aromatic heterocycles. The van der Waals surface area contributed by atoms with Crippen molar-refractivity contribution in [3.8, 4) is 23.4 Å². The topological polar surface area (TPSA) is 128 Å². The number of phenols is 2. The summed E-state index contributed by atoms with van der Waals surface area (Å²) >= 11 is 0. The molecule has 1 aliphatic heterocycles. The first-order valence-corrected chi connectivity index (χ1v) is 6.73. The largest absolute Gasteiger partial charge is 0.504 e. The van der Waals surface area contributed by atoms with E-state index >= 15 is 0 Å². The summed E-state index contributed by atoms with van der Waals surface area (Å²) in [6.45, 7) is 1.95. The zero-order valence-corrected chi connectivity index (χ0v) is 11.8. The van der Waals surface area contributed by atoms with Crippen molar-refractivity contribution in [1.29, 1.82) is 5.26 Å². The second-order valence-electron chi connectivity index (χ2n) is 4.95. The molecule has 112 valence electrons. The normalized spacial score (nSPS) is 16.8. The molecular formula is C15H14N4O3. The van der Waals surface area contributed by atoms with Crippen LogP contribution in [0.15, 0.2) is 29.7 Å². The second-order valence-corrected chi connectivity index (χ2v) is 4.95. The van der Waals surface area contributed by atoms with Gasteiger partial charge < -0.3 is 20.7 Å². The van der Waals surface area contributed by atoms with Crippen LogP contribution in [0.4, 0.5) is 0 Å². The van der Waals surface area contributed by atoms with Gasteiger partial charge in [0.1, 0.15) is 11.6 Å². The summed E-state index contributed by atoms with van der Waals surface area (Å²) < 4.78 is 5.40. The number of H-pyrrole nitrogens is 1. The zero-order valence-electron chi connectivity index (χ0n) is 11.8. The van der Waals surface area contributed by atoms with E-state index in [1.165, 1.54) is 12.1 Å². The van der Waals surface area contributed by atoms with Gasteiger partial charge in [0.05, 0.1) is 5.92 Å². The molecule has 0 amide bonds. The van der Waals surface area contributed by atoms with E-state index in [9.17, 15) is 15.5 Å². The minimum absolute atomic E-state index is 0.0123. The summed E-state index contributed by atoms with van der Waals surface area (Å²) in [5, 5.41) is 35.6. The highest BCUT2D eigenvalue weighted by Gasteiger charge is 2.35. The Morgan fingerprint density at radius 2 is 2.18 bits per heavy atom. The van der Waals surface area contributed by atoms with Crippen LogP contribution in [0.1, 0.15) is 29.7 Å². The molecule has 2 aromatic rings. The summed E-state index contributed by atoms with van der Waals surface area (Å²) in [6.07, 6.45) is 0.672. The van der Waals surface area contributed by atoms with Crippen molar-refractivity contribution in [3.63, 3.8) is 0 Å². The summed E-state index contributed by atoms with van der Waals surface area (Å²) in [5.41, 5.74) is 8.23. The minimum atomic E-state index is -0.506. The number of aromatic hydroxyl groups is 2. The van der Waals surface area contributed by atoms with E-state index in [0.29, 0.717) is 17.9 Å². The molecule has 0 fully saturated rings. The van der Waals surface area contributed by atoms with Crippen molar-refractivity contribution in [2.24, 2.45) is 5.73 Å². The fourth-order valence-electron chi connectivity index (χ4n) is 2.63. The lowest BCUT2D eigenvalue weighted by atomic mass is 9.83. The molecule has 0 saturated heterocycles.